The fourth-order valence-corrected chi connectivity index (χ4v) is 7.37. The third kappa shape index (κ3) is 9.07. The van der Waals surface area contributed by atoms with E-state index in [-0.39, 0.29) is 0 Å². The van der Waals surface area contributed by atoms with Crippen molar-refractivity contribution in [1.82, 2.24) is 9.97 Å². The molecule has 0 atom stereocenters. The van der Waals surface area contributed by atoms with E-state index in [9.17, 15) is 0 Å². The number of aliphatic imine (C=N–C) groups is 1. The molecule has 2 aromatic heterocycles. The van der Waals surface area contributed by atoms with Gasteiger partial charge in [-0.2, -0.15) is 0 Å². The molecule has 0 saturated heterocycles. The first kappa shape index (κ1) is 39.0. The van der Waals surface area contributed by atoms with Crippen molar-refractivity contribution in [3.8, 4) is 33.4 Å². The van der Waals surface area contributed by atoms with Crippen LogP contribution in [0.4, 0.5) is 5.69 Å². The van der Waals surface area contributed by atoms with Crippen LogP contribution in [0.15, 0.2) is 212 Å². The Morgan fingerprint density at radius 2 is 1.33 bits per heavy atom. The molecule has 7 aromatic rings. The van der Waals surface area contributed by atoms with E-state index in [4.69, 9.17) is 0 Å². The number of para-hydroxylation sites is 1. The summed E-state index contributed by atoms with van der Waals surface area (Å²) >= 11 is 0. The minimum absolute atomic E-state index is 0.807. The van der Waals surface area contributed by atoms with Gasteiger partial charge in [0, 0.05) is 35.9 Å². The Balaban J connectivity index is 0.00000252. The van der Waals surface area contributed by atoms with E-state index in [0.717, 1.165) is 74.2 Å². The number of pyridine rings is 2. The Morgan fingerprint density at radius 1 is 0.638 bits per heavy atom. The average molecular weight is 750 g/mol. The molecular weight excluding hydrogens is 703 g/mol. The van der Waals surface area contributed by atoms with Gasteiger partial charge in [0.25, 0.3) is 0 Å². The van der Waals surface area contributed by atoms with Crippen LogP contribution in [0.2, 0.25) is 0 Å². The minimum atomic E-state index is 0.807. The number of allylic oxidation sites excluding steroid dienone is 7. The maximum Gasteiger partial charge on any atom is 0.0701 e. The smallest absolute Gasteiger partial charge is 0.0701 e. The van der Waals surface area contributed by atoms with Gasteiger partial charge in [0.2, 0.25) is 0 Å². The van der Waals surface area contributed by atoms with Crippen LogP contribution in [-0.2, 0) is 12.8 Å². The van der Waals surface area contributed by atoms with Gasteiger partial charge in [0.1, 0.15) is 0 Å². The second-order valence-electron chi connectivity index (χ2n) is 13.8. The maximum atomic E-state index is 4.43. The van der Waals surface area contributed by atoms with E-state index >= 15 is 0 Å². The molecule has 2 heterocycles. The van der Waals surface area contributed by atoms with E-state index < -0.39 is 0 Å². The minimum Gasteiger partial charge on any atom is -0.264 e. The zero-order chi connectivity index (χ0) is 40.1. The molecule has 282 valence electrons. The van der Waals surface area contributed by atoms with Crippen molar-refractivity contribution < 1.29 is 0 Å². The van der Waals surface area contributed by atoms with E-state index in [1.54, 1.807) is 6.20 Å². The molecule has 3 heteroatoms. The highest BCUT2D eigenvalue weighted by Crippen LogP contribution is 2.39. The SMILES string of the molecule is C=C/C(=C\C=C/Cc1cccnc1)c1cc(-c2ccc(/C(=C3\C=Cc4ccccc4C3)c3ccccc3N=C)cc2)cc(-c2cccc(-c3cccnc3)c2)c1.CC. The molecule has 0 N–H and O–H groups in total. The van der Waals surface area contributed by atoms with Crippen molar-refractivity contribution in [2.24, 2.45) is 4.99 Å². The van der Waals surface area contributed by atoms with Crippen LogP contribution >= 0.6 is 0 Å². The summed E-state index contributed by atoms with van der Waals surface area (Å²) in [5.74, 6) is 0. The Labute approximate surface area is 343 Å². The zero-order valence-corrected chi connectivity index (χ0v) is 33.2. The molecule has 0 amide bonds. The Hall–Kier alpha value is -7.23. The van der Waals surface area contributed by atoms with Gasteiger partial charge >= 0.3 is 0 Å². The summed E-state index contributed by atoms with van der Waals surface area (Å²) in [4.78, 5) is 13.0. The summed E-state index contributed by atoms with van der Waals surface area (Å²) in [5.41, 5.74) is 18.1. The largest absolute Gasteiger partial charge is 0.264 e. The van der Waals surface area contributed by atoms with Crippen molar-refractivity contribution in [3.63, 3.8) is 0 Å². The van der Waals surface area contributed by atoms with E-state index in [2.05, 4.69) is 174 Å². The van der Waals surface area contributed by atoms with Crippen LogP contribution in [0.3, 0.4) is 0 Å². The van der Waals surface area contributed by atoms with E-state index in [1.165, 1.54) is 27.8 Å². The first-order valence-corrected chi connectivity index (χ1v) is 19.9. The van der Waals surface area contributed by atoms with Crippen LogP contribution < -0.4 is 0 Å². The molecule has 1 aliphatic rings. The molecule has 3 nitrogen and oxygen atoms in total. The topological polar surface area (TPSA) is 38.1 Å². The van der Waals surface area contributed by atoms with Crippen molar-refractivity contribution in [2.45, 2.75) is 26.7 Å². The summed E-state index contributed by atoms with van der Waals surface area (Å²) in [7, 11) is 0. The molecule has 0 bridgehead atoms. The fourth-order valence-electron chi connectivity index (χ4n) is 7.37. The number of fused-ring (bicyclic) bond motifs is 1. The Kier molecular flexibility index (Phi) is 12.8. The summed E-state index contributed by atoms with van der Waals surface area (Å²) in [5, 5.41) is 0. The highest BCUT2D eigenvalue weighted by molar-refractivity contribution is 5.91. The van der Waals surface area contributed by atoms with E-state index in [1.807, 2.05) is 62.8 Å². The standard InChI is InChI=1S/C53H41N3.C2H6/c1-3-39(15-5-4-13-38-14-11-29-55-36-38)48-33-49(35-50(34-48)45-19-10-18-44(31-45)47-20-12-30-56-37-47)41-23-26-42(27-24-41)53(51-21-8-9-22-52(51)54-2)46-28-25-40-16-6-7-17-43(40)32-46;1-2/h3-12,14-31,33-37H,1-2,13,32H2;1-2H3/b5-4-,39-15+,53-46-;. The lowest BCUT2D eigenvalue weighted by atomic mass is 9.84. The van der Waals surface area contributed by atoms with Gasteiger partial charge < -0.3 is 0 Å². The van der Waals surface area contributed by atoms with Gasteiger partial charge in [-0.3, -0.25) is 15.0 Å². The molecule has 0 aliphatic heterocycles. The average Bonchev–Trinajstić information content (AvgIpc) is 3.30. The Bertz CT molecular complexity index is 2640. The molecule has 0 radical (unpaired) electrons. The first-order valence-electron chi connectivity index (χ1n) is 19.9. The Morgan fingerprint density at radius 3 is 2.07 bits per heavy atom. The van der Waals surface area contributed by atoms with Gasteiger partial charge in [-0.1, -0.05) is 154 Å². The zero-order valence-electron chi connectivity index (χ0n) is 33.2. The van der Waals surface area contributed by atoms with Crippen LogP contribution in [0.1, 0.15) is 47.2 Å². The van der Waals surface area contributed by atoms with Gasteiger partial charge in [-0.15, -0.1) is 0 Å². The maximum absolute atomic E-state index is 4.43. The predicted molar refractivity (Wildman–Crippen MR) is 248 cm³/mol. The predicted octanol–water partition coefficient (Wildman–Crippen LogP) is 14.3. The lowest BCUT2D eigenvalue weighted by Gasteiger charge is -2.20. The van der Waals surface area contributed by atoms with Crippen LogP contribution in [0, 0.1) is 0 Å². The summed E-state index contributed by atoms with van der Waals surface area (Å²) in [6.07, 6.45) is 21.9. The second kappa shape index (κ2) is 19.1. The number of nitrogens with zero attached hydrogens (tertiary/aromatic N) is 3. The lowest BCUT2D eigenvalue weighted by molar-refractivity contribution is 1.17. The number of benzene rings is 5. The van der Waals surface area contributed by atoms with Crippen LogP contribution in [0.25, 0.3) is 50.6 Å². The summed E-state index contributed by atoms with van der Waals surface area (Å²) in [6, 6.07) is 49.5. The van der Waals surface area contributed by atoms with Gasteiger partial charge in [-0.25, -0.2) is 0 Å². The third-order valence-electron chi connectivity index (χ3n) is 10.2. The summed E-state index contributed by atoms with van der Waals surface area (Å²) in [6.45, 7) is 12.1. The molecule has 8 rings (SSSR count). The second-order valence-corrected chi connectivity index (χ2v) is 13.8. The molecule has 1 aliphatic carbocycles. The molecule has 0 saturated carbocycles. The van der Waals surface area contributed by atoms with Gasteiger partial charge in [-0.05, 0) is 134 Å². The van der Waals surface area contributed by atoms with Gasteiger partial charge in [0.05, 0.1) is 5.69 Å². The van der Waals surface area contributed by atoms with Crippen LogP contribution in [-0.4, -0.2) is 16.7 Å². The number of hydrogen-bond donors (Lipinski definition) is 0. The third-order valence-corrected chi connectivity index (χ3v) is 10.2. The number of aromatic nitrogens is 2. The number of rotatable bonds is 11. The monoisotopic (exact) mass is 749 g/mol. The van der Waals surface area contributed by atoms with Crippen molar-refractivity contribution >= 4 is 29.6 Å². The van der Waals surface area contributed by atoms with Crippen molar-refractivity contribution in [3.05, 3.63) is 240 Å². The fraction of sp³-hybridized carbons (Fsp3) is 0.0727. The highest BCUT2D eigenvalue weighted by Gasteiger charge is 2.18. The molecule has 58 heavy (non-hydrogen) atoms. The highest BCUT2D eigenvalue weighted by atomic mass is 14.7. The van der Waals surface area contributed by atoms with E-state index in [0.29, 0.717) is 0 Å². The quantitative estimate of drug-likeness (QED) is 0.0976. The van der Waals surface area contributed by atoms with Gasteiger partial charge in [0.15, 0.2) is 0 Å². The van der Waals surface area contributed by atoms with Crippen molar-refractivity contribution in [2.75, 3.05) is 0 Å². The van der Waals surface area contributed by atoms with Crippen LogP contribution in [0.5, 0.6) is 0 Å². The first-order chi connectivity index (χ1) is 28.7. The van der Waals surface area contributed by atoms with Crippen molar-refractivity contribution in [1.29, 1.82) is 0 Å². The normalized spacial score (nSPS) is 13.0. The number of hydrogen-bond acceptors (Lipinski definition) is 3. The molecule has 0 spiro atoms. The lowest BCUT2D eigenvalue weighted by Crippen LogP contribution is -2.02. The molecule has 5 aromatic carbocycles. The molecule has 0 fully saturated rings. The molecular formula is C55H47N3. The summed E-state index contributed by atoms with van der Waals surface area (Å²) < 4.78 is 0. The molecule has 0 unspecified atom stereocenters.